The molecule has 0 fully saturated rings. The predicted octanol–water partition coefficient (Wildman–Crippen LogP) is 16.2. The largest absolute Gasteiger partial charge is 0.309 e. The van der Waals surface area contributed by atoms with Gasteiger partial charge in [-0.1, -0.05) is 188 Å². The van der Waals surface area contributed by atoms with Crippen molar-refractivity contribution in [3.05, 3.63) is 243 Å². The normalized spacial score (nSPS) is 11.5. The average molecular weight is 789 g/mol. The summed E-state index contributed by atoms with van der Waals surface area (Å²) in [7, 11) is 0. The molecule has 10 aromatic carbocycles. The van der Waals surface area contributed by atoms with E-state index >= 15 is 0 Å². The fourth-order valence-electron chi connectivity index (χ4n) is 9.65. The molecule has 0 radical (unpaired) electrons. The van der Waals surface area contributed by atoms with Gasteiger partial charge in [-0.05, 0) is 99.1 Å². The summed E-state index contributed by atoms with van der Waals surface area (Å²) in [6, 6.07) is 88.4. The number of benzene rings is 10. The Kier molecular flexibility index (Phi) is 8.53. The van der Waals surface area contributed by atoms with Crippen LogP contribution in [0.15, 0.2) is 243 Å². The predicted molar refractivity (Wildman–Crippen MR) is 262 cm³/mol. The maximum atomic E-state index is 2.49. The minimum atomic E-state index is 1.14. The highest BCUT2D eigenvalue weighted by Gasteiger charge is 2.21. The minimum absolute atomic E-state index is 1.14. The van der Waals surface area contributed by atoms with Gasteiger partial charge in [0.1, 0.15) is 0 Å². The molecule has 2 nitrogen and oxygen atoms in total. The number of rotatable bonds is 7. The number of hydrogen-bond donors (Lipinski definition) is 0. The van der Waals surface area contributed by atoms with Crippen LogP contribution in [-0.2, 0) is 0 Å². The summed E-state index contributed by atoms with van der Waals surface area (Å²) in [5, 5.41) is 4.93. The third-order valence-corrected chi connectivity index (χ3v) is 12.5. The first-order valence-corrected chi connectivity index (χ1v) is 21.3. The molecular formula is C60H40N2. The van der Waals surface area contributed by atoms with E-state index in [1.165, 1.54) is 99.2 Å². The van der Waals surface area contributed by atoms with Crippen molar-refractivity contribution in [1.29, 1.82) is 0 Å². The second kappa shape index (κ2) is 14.8. The average Bonchev–Trinajstić information content (AvgIpc) is 3.87. The SMILES string of the molecule is c1ccc(-c2cc(-c3ccccc3)cc(-n3c4ccccc4c4cc(-c5ccc6c(c5)c5cccc(-c7ccccc7)c5n6-c5ccccc5-c5ccccc5)ccc43)c2)cc1. The second-order valence-corrected chi connectivity index (χ2v) is 16.1. The summed E-state index contributed by atoms with van der Waals surface area (Å²) in [4.78, 5) is 0. The van der Waals surface area contributed by atoms with Crippen LogP contribution in [0.3, 0.4) is 0 Å². The fourth-order valence-corrected chi connectivity index (χ4v) is 9.65. The Morgan fingerprint density at radius 2 is 0.677 bits per heavy atom. The number of para-hydroxylation sites is 3. The van der Waals surface area contributed by atoms with Gasteiger partial charge in [0, 0.05) is 38.4 Å². The molecular weight excluding hydrogens is 749 g/mol. The van der Waals surface area contributed by atoms with E-state index < -0.39 is 0 Å². The molecule has 0 saturated carbocycles. The molecule has 0 unspecified atom stereocenters. The summed E-state index contributed by atoms with van der Waals surface area (Å²) < 4.78 is 4.93. The van der Waals surface area contributed by atoms with Crippen LogP contribution in [0.25, 0.3) is 111 Å². The molecule has 0 aliphatic rings. The first-order valence-electron chi connectivity index (χ1n) is 21.3. The monoisotopic (exact) mass is 788 g/mol. The smallest absolute Gasteiger partial charge is 0.0619 e. The van der Waals surface area contributed by atoms with Gasteiger partial charge in [0.2, 0.25) is 0 Å². The number of aromatic nitrogens is 2. The number of fused-ring (bicyclic) bond motifs is 6. The van der Waals surface area contributed by atoms with E-state index in [1.54, 1.807) is 0 Å². The molecule has 0 amide bonds. The number of nitrogens with zero attached hydrogens (tertiary/aromatic N) is 2. The summed E-state index contributed by atoms with van der Waals surface area (Å²) in [5.74, 6) is 0. The van der Waals surface area contributed by atoms with Crippen molar-refractivity contribution in [3.8, 4) is 67.0 Å². The van der Waals surface area contributed by atoms with E-state index in [1.807, 2.05) is 0 Å². The minimum Gasteiger partial charge on any atom is -0.309 e. The maximum absolute atomic E-state index is 2.49. The molecule has 2 heteroatoms. The van der Waals surface area contributed by atoms with Crippen molar-refractivity contribution in [3.63, 3.8) is 0 Å². The zero-order valence-electron chi connectivity index (χ0n) is 34.0. The molecule has 0 aliphatic heterocycles. The van der Waals surface area contributed by atoms with Gasteiger partial charge in [-0.15, -0.1) is 0 Å². The van der Waals surface area contributed by atoms with E-state index in [0.29, 0.717) is 0 Å². The van der Waals surface area contributed by atoms with Crippen molar-refractivity contribution >= 4 is 43.6 Å². The lowest BCUT2D eigenvalue weighted by atomic mass is 9.98. The first-order chi connectivity index (χ1) is 30.8. The summed E-state index contributed by atoms with van der Waals surface area (Å²) in [6.07, 6.45) is 0. The van der Waals surface area contributed by atoms with E-state index in [-0.39, 0.29) is 0 Å². The van der Waals surface area contributed by atoms with Gasteiger partial charge in [0.15, 0.2) is 0 Å². The van der Waals surface area contributed by atoms with Crippen LogP contribution in [0.1, 0.15) is 0 Å². The van der Waals surface area contributed by atoms with E-state index in [9.17, 15) is 0 Å². The molecule has 0 N–H and O–H groups in total. The van der Waals surface area contributed by atoms with Gasteiger partial charge in [-0.2, -0.15) is 0 Å². The standard InChI is InChI=1S/C60H40N2/c1-5-18-41(19-6-1)47-36-48(42-20-7-2-8-21-42)38-49(37-47)61-57-31-16-14-27-52(57)54-39-45(32-34-58(54)61)46-33-35-59-55(40-46)53-29-17-28-51(44-24-11-4-12-25-44)60(53)62(59)56-30-15-13-26-50(56)43-22-9-3-10-23-43/h1-40H. The van der Waals surface area contributed by atoms with Crippen LogP contribution in [0.2, 0.25) is 0 Å². The Morgan fingerprint density at radius 3 is 1.31 bits per heavy atom. The van der Waals surface area contributed by atoms with Crippen LogP contribution in [0, 0.1) is 0 Å². The third-order valence-electron chi connectivity index (χ3n) is 12.5. The highest BCUT2D eigenvalue weighted by molar-refractivity contribution is 6.16. The second-order valence-electron chi connectivity index (χ2n) is 16.1. The van der Waals surface area contributed by atoms with Crippen LogP contribution in [-0.4, -0.2) is 9.13 Å². The van der Waals surface area contributed by atoms with Gasteiger partial charge < -0.3 is 9.13 Å². The van der Waals surface area contributed by atoms with Crippen LogP contribution < -0.4 is 0 Å². The van der Waals surface area contributed by atoms with E-state index in [0.717, 1.165) is 11.4 Å². The van der Waals surface area contributed by atoms with Gasteiger partial charge in [0.05, 0.1) is 27.8 Å². The number of hydrogen-bond acceptors (Lipinski definition) is 0. The molecule has 0 saturated heterocycles. The van der Waals surface area contributed by atoms with E-state index in [2.05, 4.69) is 252 Å². The molecule has 0 atom stereocenters. The van der Waals surface area contributed by atoms with Gasteiger partial charge in [-0.3, -0.25) is 0 Å². The molecule has 12 rings (SSSR count). The van der Waals surface area contributed by atoms with Crippen molar-refractivity contribution in [1.82, 2.24) is 9.13 Å². The molecule has 0 bridgehead atoms. The highest BCUT2D eigenvalue weighted by Crippen LogP contribution is 2.43. The van der Waals surface area contributed by atoms with E-state index in [4.69, 9.17) is 0 Å². The zero-order chi connectivity index (χ0) is 41.0. The lowest BCUT2D eigenvalue weighted by molar-refractivity contribution is 1.18. The Bertz CT molecular complexity index is 3540. The Labute approximate surface area is 360 Å². The molecule has 62 heavy (non-hydrogen) atoms. The lowest BCUT2D eigenvalue weighted by Crippen LogP contribution is -1.98. The van der Waals surface area contributed by atoms with Crippen molar-refractivity contribution < 1.29 is 0 Å². The Balaban J connectivity index is 1.06. The van der Waals surface area contributed by atoms with Crippen molar-refractivity contribution in [2.75, 3.05) is 0 Å². The van der Waals surface area contributed by atoms with Gasteiger partial charge in [-0.25, -0.2) is 0 Å². The third kappa shape index (κ3) is 5.96. The Hall–Kier alpha value is -8.20. The quantitative estimate of drug-likeness (QED) is 0.152. The highest BCUT2D eigenvalue weighted by atomic mass is 15.0. The van der Waals surface area contributed by atoms with Crippen LogP contribution in [0.5, 0.6) is 0 Å². The summed E-state index contributed by atoms with van der Waals surface area (Å²) in [6.45, 7) is 0. The maximum Gasteiger partial charge on any atom is 0.0619 e. The van der Waals surface area contributed by atoms with Crippen molar-refractivity contribution in [2.24, 2.45) is 0 Å². The molecule has 12 aromatic rings. The van der Waals surface area contributed by atoms with Crippen LogP contribution in [0.4, 0.5) is 0 Å². The molecule has 0 aliphatic carbocycles. The van der Waals surface area contributed by atoms with Gasteiger partial charge in [0.25, 0.3) is 0 Å². The fraction of sp³-hybridized carbons (Fsp3) is 0. The molecule has 2 aromatic heterocycles. The summed E-state index contributed by atoms with van der Waals surface area (Å²) in [5.41, 5.74) is 19.0. The molecule has 0 spiro atoms. The molecule has 2 heterocycles. The zero-order valence-corrected chi connectivity index (χ0v) is 34.0. The molecule has 290 valence electrons. The topological polar surface area (TPSA) is 9.86 Å². The Morgan fingerprint density at radius 1 is 0.226 bits per heavy atom. The summed E-state index contributed by atoms with van der Waals surface area (Å²) >= 11 is 0. The lowest BCUT2D eigenvalue weighted by Gasteiger charge is -2.16. The first kappa shape index (κ1) is 35.7. The van der Waals surface area contributed by atoms with Crippen molar-refractivity contribution in [2.45, 2.75) is 0 Å². The van der Waals surface area contributed by atoms with Gasteiger partial charge >= 0.3 is 0 Å². The van der Waals surface area contributed by atoms with Crippen LogP contribution >= 0.6 is 0 Å².